The average molecular weight is 265 g/mol. The molecule has 0 saturated heterocycles. The van der Waals surface area contributed by atoms with E-state index in [1.165, 1.54) is 11.3 Å². The number of rotatable bonds is 2. The van der Waals surface area contributed by atoms with Crippen LogP contribution in [0.15, 0.2) is 5.38 Å². The van der Waals surface area contributed by atoms with Crippen LogP contribution in [0.3, 0.4) is 0 Å². The molecule has 1 fully saturated rings. The summed E-state index contributed by atoms with van der Waals surface area (Å²) in [6, 6.07) is 0. The van der Waals surface area contributed by atoms with Crippen LogP contribution in [0.1, 0.15) is 35.0 Å². The Morgan fingerprint density at radius 1 is 1.29 bits per heavy atom. The minimum absolute atomic E-state index is 0.142. The van der Waals surface area contributed by atoms with E-state index in [-0.39, 0.29) is 5.54 Å². The summed E-state index contributed by atoms with van der Waals surface area (Å²) in [6.07, 6.45) is 3.37. The molecule has 0 radical (unpaired) electrons. The molecule has 1 aliphatic carbocycles. The summed E-state index contributed by atoms with van der Waals surface area (Å²) in [7, 11) is 0. The Morgan fingerprint density at radius 3 is 2.59 bits per heavy atom. The van der Waals surface area contributed by atoms with E-state index in [0.717, 1.165) is 34.2 Å². The van der Waals surface area contributed by atoms with Crippen molar-refractivity contribution < 1.29 is 0 Å². The molecule has 2 heterocycles. The van der Waals surface area contributed by atoms with Gasteiger partial charge in [-0.15, -0.1) is 22.7 Å². The number of nitrogens with two attached hydrogens (primary N) is 1. The third-order valence-corrected chi connectivity index (χ3v) is 5.47. The Morgan fingerprint density at radius 2 is 2.06 bits per heavy atom. The standard InChI is InChI=1S/C12H15N3S2/c1-7-10(17-8(2)14-7)9-6-16-11(15-9)12(13)4-3-5-12/h6H,3-5,13H2,1-2H3. The van der Waals surface area contributed by atoms with E-state index in [0.29, 0.717) is 0 Å². The molecule has 2 aromatic rings. The molecule has 17 heavy (non-hydrogen) atoms. The second-order valence-electron chi connectivity index (χ2n) is 4.70. The van der Waals surface area contributed by atoms with Gasteiger partial charge in [0.25, 0.3) is 0 Å². The Kier molecular flexibility index (Phi) is 2.57. The lowest BCUT2D eigenvalue weighted by Gasteiger charge is -2.35. The van der Waals surface area contributed by atoms with E-state index in [2.05, 4.69) is 10.4 Å². The predicted molar refractivity (Wildman–Crippen MR) is 72.4 cm³/mol. The van der Waals surface area contributed by atoms with Crippen molar-refractivity contribution in [2.45, 2.75) is 38.6 Å². The molecule has 0 amide bonds. The molecule has 90 valence electrons. The maximum atomic E-state index is 6.29. The highest BCUT2D eigenvalue weighted by Gasteiger charge is 2.37. The van der Waals surface area contributed by atoms with Crippen LogP contribution < -0.4 is 5.73 Å². The molecule has 3 nitrogen and oxygen atoms in total. The zero-order valence-electron chi connectivity index (χ0n) is 9.99. The van der Waals surface area contributed by atoms with E-state index in [1.807, 2.05) is 13.8 Å². The van der Waals surface area contributed by atoms with Crippen LogP contribution in [0.2, 0.25) is 0 Å². The summed E-state index contributed by atoms with van der Waals surface area (Å²) in [6.45, 7) is 4.07. The smallest absolute Gasteiger partial charge is 0.113 e. The number of hydrogen-bond acceptors (Lipinski definition) is 5. The van der Waals surface area contributed by atoms with Crippen molar-refractivity contribution in [2.75, 3.05) is 0 Å². The average Bonchev–Trinajstić information content (AvgIpc) is 2.81. The normalized spacial score (nSPS) is 18.1. The molecule has 5 heteroatoms. The van der Waals surface area contributed by atoms with Gasteiger partial charge in [0.05, 0.1) is 26.8 Å². The first kappa shape index (κ1) is 11.3. The van der Waals surface area contributed by atoms with Crippen LogP contribution in [0.25, 0.3) is 10.6 Å². The molecular formula is C12H15N3S2. The van der Waals surface area contributed by atoms with Gasteiger partial charge in [-0.3, -0.25) is 0 Å². The monoisotopic (exact) mass is 265 g/mol. The van der Waals surface area contributed by atoms with Gasteiger partial charge in [-0.1, -0.05) is 0 Å². The van der Waals surface area contributed by atoms with Gasteiger partial charge in [0.2, 0.25) is 0 Å². The maximum absolute atomic E-state index is 6.29. The lowest BCUT2D eigenvalue weighted by molar-refractivity contribution is 0.253. The van der Waals surface area contributed by atoms with Gasteiger partial charge >= 0.3 is 0 Å². The number of aryl methyl sites for hydroxylation is 2. The Hall–Kier alpha value is -0.780. The van der Waals surface area contributed by atoms with Gasteiger partial charge < -0.3 is 5.73 Å². The summed E-state index contributed by atoms with van der Waals surface area (Å²) in [5.74, 6) is 0. The molecule has 3 rings (SSSR count). The largest absolute Gasteiger partial charge is 0.319 e. The van der Waals surface area contributed by atoms with Crippen molar-refractivity contribution >= 4 is 22.7 Å². The second kappa shape index (κ2) is 3.86. The van der Waals surface area contributed by atoms with Gasteiger partial charge in [-0.05, 0) is 33.1 Å². The SMILES string of the molecule is Cc1nc(C)c(-c2csc(C3(N)CCC3)n2)s1. The third kappa shape index (κ3) is 1.82. The van der Waals surface area contributed by atoms with E-state index in [1.54, 1.807) is 22.7 Å². The highest BCUT2D eigenvalue weighted by atomic mass is 32.1. The molecule has 0 spiro atoms. The third-order valence-electron chi connectivity index (χ3n) is 3.31. The van der Waals surface area contributed by atoms with Gasteiger partial charge in [0.1, 0.15) is 5.01 Å². The highest BCUT2D eigenvalue weighted by Crippen LogP contribution is 2.41. The van der Waals surface area contributed by atoms with E-state index in [9.17, 15) is 0 Å². The molecule has 1 saturated carbocycles. The first-order valence-electron chi connectivity index (χ1n) is 5.78. The number of nitrogens with zero attached hydrogens (tertiary/aromatic N) is 2. The fraction of sp³-hybridized carbons (Fsp3) is 0.500. The maximum Gasteiger partial charge on any atom is 0.113 e. The van der Waals surface area contributed by atoms with Crippen LogP contribution in [0.4, 0.5) is 0 Å². The fourth-order valence-corrected chi connectivity index (χ4v) is 4.09. The summed E-state index contributed by atoms with van der Waals surface area (Å²) in [5.41, 5.74) is 8.27. The molecule has 2 aromatic heterocycles. The molecular weight excluding hydrogens is 250 g/mol. The van der Waals surface area contributed by atoms with E-state index >= 15 is 0 Å². The zero-order chi connectivity index (χ0) is 12.0. The van der Waals surface area contributed by atoms with Crippen molar-refractivity contribution in [1.29, 1.82) is 0 Å². The highest BCUT2D eigenvalue weighted by molar-refractivity contribution is 7.16. The predicted octanol–water partition coefficient (Wildman–Crippen LogP) is 3.22. The van der Waals surface area contributed by atoms with Crippen molar-refractivity contribution in [3.8, 4) is 10.6 Å². The van der Waals surface area contributed by atoms with Crippen LogP contribution in [-0.4, -0.2) is 9.97 Å². The molecule has 0 bridgehead atoms. The lowest BCUT2D eigenvalue weighted by atomic mass is 9.78. The fourth-order valence-electron chi connectivity index (χ4n) is 2.15. The quantitative estimate of drug-likeness (QED) is 0.907. The van der Waals surface area contributed by atoms with E-state index < -0.39 is 0 Å². The summed E-state index contributed by atoms with van der Waals surface area (Å²) >= 11 is 3.40. The van der Waals surface area contributed by atoms with Crippen molar-refractivity contribution in [2.24, 2.45) is 5.73 Å². The van der Waals surface area contributed by atoms with Gasteiger partial charge in [-0.25, -0.2) is 9.97 Å². The Balaban J connectivity index is 1.97. The van der Waals surface area contributed by atoms with Gasteiger partial charge in [0.15, 0.2) is 0 Å². The van der Waals surface area contributed by atoms with Crippen LogP contribution in [-0.2, 0) is 5.54 Å². The van der Waals surface area contributed by atoms with Crippen LogP contribution in [0.5, 0.6) is 0 Å². The molecule has 2 N–H and O–H groups in total. The summed E-state index contributed by atoms with van der Waals surface area (Å²) in [4.78, 5) is 10.3. The Bertz CT molecular complexity index is 552. The molecule has 1 aliphatic rings. The summed E-state index contributed by atoms with van der Waals surface area (Å²) < 4.78 is 0. The zero-order valence-corrected chi connectivity index (χ0v) is 11.6. The van der Waals surface area contributed by atoms with Gasteiger partial charge in [-0.2, -0.15) is 0 Å². The van der Waals surface area contributed by atoms with Crippen molar-refractivity contribution in [3.05, 3.63) is 21.1 Å². The Labute approximate surface area is 109 Å². The molecule has 0 aromatic carbocycles. The second-order valence-corrected chi connectivity index (χ2v) is 6.76. The van der Waals surface area contributed by atoms with Crippen LogP contribution >= 0.6 is 22.7 Å². The van der Waals surface area contributed by atoms with Gasteiger partial charge in [0, 0.05) is 5.38 Å². The molecule has 0 unspecified atom stereocenters. The van der Waals surface area contributed by atoms with Crippen molar-refractivity contribution in [1.82, 2.24) is 9.97 Å². The lowest BCUT2D eigenvalue weighted by Crippen LogP contribution is -2.43. The van der Waals surface area contributed by atoms with Crippen molar-refractivity contribution in [3.63, 3.8) is 0 Å². The first-order valence-corrected chi connectivity index (χ1v) is 7.47. The number of hydrogen-bond donors (Lipinski definition) is 1. The van der Waals surface area contributed by atoms with E-state index in [4.69, 9.17) is 10.7 Å². The summed E-state index contributed by atoms with van der Waals surface area (Å²) in [5, 5.41) is 4.30. The topological polar surface area (TPSA) is 51.8 Å². The minimum Gasteiger partial charge on any atom is -0.319 e. The minimum atomic E-state index is -0.142. The van der Waals surface area contributed by atoms with Crippen LogP contribution in [0, 0.1) is 13.8 Å². The number of thiazole rings is 2. The number of aromatic nitrogens is 2. The first-order chi connectivity index (χ1) is 8.08. The molecule has 0 atom stereocenters. The molecule has 0 aliphatic heterocycles.